The molecule has 0 aromatic carbocycles. The highest BCUT2D eigenvalue weighted by Crippen LogP contribution is 2.32. The molecule has 0 amide bonds. The van der Waals surface area contributed by atoms with Gasteiger partial charge in [0.25, 0.3) is 0 Å². The normalized spacial score (nSPS) is 22.1. The van der Waals surface area contributed by atoms with Gasteiger partial charge in [0.05, 0.1) is 5.69 Å². The van der Waals surface area contributed by atoms with E-state index in [1.807, 2.05) is 18.0 Å². The van der Waals surface area contributed by atoms with Crippen LogP contribution in [0.15, 0.2) is 18.3 Å². The van der Waals surface area contributed by atoms with Gasteiger partial charge < -0.3 is 5.73 Å². The summed E-state index contributed by atoms with van der Waals surface area (Å²) in [5.74, 6) is 3.29. The van der Waals surface area contributed by atoms with Crippen LogP contribution in [0, 0.1) is 0 Å². The largest absolute Gasteiger partial charge is 0.325 e. The molecular formula is C10H14N2S. The summed E-state index contributed by atoms with van der Waals surface area (Å²) in [4.78, 5) is 4.20. The number of hydrogen-bond acceptors (Lipinski definition) is 3. The van der Waals surface area contributed by atoms with E-state index >= 15 is 0 Å². The molecule has 1 unspecified atom stereocenters. The molecule has 0 radical (unpaired) electrons. The lowest BCUT2D eigenvalue weighted by atomic mass is 9.99. The Morgan fingerprint density at radius 2 is 2.54 bits per heavy atom. The van der Waals surface area contributed by atoms with Crippen LogP contribution in [0.25, 0.3) is 0 Å². The van der Waals surface area contributed by atoms with Crippen molar-refractivity contribution in [2.45, 2.75) is 18.9 Å². The molecule has 1 saturated heterocycles. The van der Waals surface area contributed by atoms with Gasteiger partial charge in [0.1, 0.15) is 0 Å². The number of hydrogen-bond donors (Lipinski definition) is 1. The second kappa shape index (κ2) is 4.11. The summed E-state index contributed by atoms with van der Waals surface area (Å²) in [7, 11) is 0. The van der Waals surface area contributed by atoms with Crippen molar-refractivity contribution in [3.05, 3.63) is 29.6 Å². The summed E-state index contributed by atoms with van der Waals surface area (Å²) in [6.45, 7) is 0.549. The molecule has 2 nitrogen and oxygen atoms in total. The summed E-state index contributed by atoms with van der Waals surface area (Å²) in [5.41, 5.74) is 7.98. The topological polar surface area (TPSA) is 38.9 Å². The predicted molar refractivity (Wildman–Crippen MR) is 56.8 cm³/mol. The average molecular weight is 194 g/mol. The molecule has 2 rings (SSSR count). The van der Waals surface area contributed by atoms with Crippen LogP contribution >= 0.6 is 11.8 Å². The molecule has 1 aliphatic heterocycles. The maximum Gasteiger partial charge on any atom is 0.0542 e. The first kappa shape index (κ1) is 9.03. The van der Waals surface area contributed by atoms with Crippen molar-refractivity contribution >= 4 is 11.8 Å². The third kappa shape index (κ3) is 2.03. The molecule has 1 fully saturated rings. The number of pyridine rings is 1. The zero-order valence-electron chi connectivity index (χ0n) is 7.57. The molecule has 1 atom stereocenters. The Labute approximate surface area is 82.9 Å². The fourth-order valence-electron chi connectivity index (χ4n) is 1.66. The lowest BCUT2D eigenvalue weighted by molar-refractivity contribution is 0.775. The first-order valence-electron chi connectivity index (χ1n) is 4.63. The summed E-state index contributed by atoms with van der Waals surface area (Å²) in [6.07, 6.45) is 3.18. The number of nitrogens with zero attached hydrogens (tertiary/aromatic N) is 1. The van der Waals surface area contributed by atoms with Gasteiger partial charge in [0.15, 0.2) is 0 Å². The molecule has 0 saturated carbocycles. The van der Waals surface area contributed by atoms with E-state index in [4.69, 9.17) is 5.73 Å². The van der Waals surface area contributed by atoms with Crippen LogP contribution in [0.4, 0.5) is 0 Å². The number of rotatable bonds is 2. The molecule has 1 aromatic rings. The number of thioether (sulfide) groups is 1. The van der Waals surface area contributed by atoms with Crippen LogP contribution in [-0.4, -0.2) is 16.5 Å². The second-order valence-electron chi connectivity index (χ2n) is 3.35. The third-order valence-electron chi connectivity index (χ3n) is 2.45. The van der Waals surface area contributed by atoms with Gasteiger partial charge in [-0.3, -0.25) is 4.98 Å². The average Bonchev–Trinajstić information content (AvgIpc) is 2.71. The molecule has 1 aliphatic rings. The number of aromatic nitrogens is 1. The van der Waals surface area contributed by atoms with Crippen LogP contribution < -0.4 is 5.73 Å². The van der Waals surface area contributed by atoms with Crippen molar-refractivity contribution in [3.8, 4) is 0 Å². The Balaban J connectivity index is 2.18. The lowest BCUT2D eigenvalue weighted by Crippen LogP contribution is -2.02. The Hall–Kier alpha value is -0.540. The van der Waals surface area contributed by atoms with E-state index in [2.05, 4.69) is 17.1 Å². The Kier molecular flexibility index (Phi) is 2.86. The SMILES string of the molecule is NCc1cc(C2CCSC2)ccn1. The van der Waals surface area contributed by atoms with E-state index < -0.39 is 0 Å². The Bertz CT molecular complexity index is 282. The van der Waals surface area contributed by atoms with Crippen LogP contribution in [0.1, 0.15) is 23.6 Å². The molecule has 0 aliphatic carbocycles. The highest BCUT2D eigenvalue weighted by Gasteiger charge is 2.17. The fourth-order valence-corrected chi connectivity index (χ4v) is 2.92. The first-order chi connectivity index (χ1) is 6.40. The van der Waals surface area contributed by atoms with Crippen molar-refractivity contribution in [2.24, 2.45) is 5.73 Å². The summed E-state index contributed by atoms with van der Waals surface area (Å²) in [5, 5.41) is 0. The zero-order valence-corrected chi connectivity index (χ0v) is 8.39. The van der Waals surface area contributed by atoms with Gasteiger partial charge in [0.2, 0.25) is 0 Å². The van der Waals surface area contributed by atoms with E-state index in [9.17, 15) is 0 Å². The summed E-state index contributed by atoms with van der Waals surface area (Å²) in [6, 6.07) is 4.27. The van der Waals surface area contributed by atoms with Crippen LogP contribution in [0.3, 0.4) is 0 Å². The second-order valence-corrected chi connectivity index (χ2v) is 4.49. The van der Waals surface area contributed by atoms with Crippen molar-refractivity contribution in [1.82, 2.24) is 4.98 Å². The zero-order chi connectivity index (χ0) is 9.10. The fraction of sp³-hybridized carbons (Fsp3) is 0.500. The molecule has 0 bridgehead atoms. The minimum absolute atomic E-state index is 0.549. The van der Waals surface area contributed by atoms with E-state index in [1.165, 1.54) is 23.5 Å². The minimum atomic E-state index is 0.549. The quantitative estimate of drug-likeness (QED) is 0.779. The van der Waals surface area contributed by atoms with E-state index in [-0.39, 0.29) is 0 Å². The molecule has 0 spiro atoms. The summed E-state index contributed by atoms with van der Waals surface area (Å²) >= 11 is 2.04. The summed E-state index contributed by atoms with van der Waals surface area (Å²) < 4.78 is 0. The van der Waals surface area contributed by atoms with Crippen molar-refractivity contribution < 1.29 is 0 Å². The van der Waals surface area contributed by atoms with Crippen molar-refractivity contribution in [2.75, 3.05) is 11.5 Å². The standard InChI is InChI=1S/C10H14N2S/c11-6-10-5-8(1-3-12-10)9-2-4-13-7-9/h1,3,5,9H,2,4,6-7,11H2. The Morgan fingerprint density at radius 1 is 1.62 bits per heavy atom. The molecule has 3 heteroatoms. The van der Waals surface area contributed by atoms with Gasteiger partial charge in [-0.2, -0.15) is 11.8 Å². The van der Waals surface area contributed by atoms with Crippen LogP contribution in [0.5, 0.6) is 0 Å². The van der Waals surface area contributed by atoms with E-state index in [0.717, 1.165) is 11.6 Å². The first-order valence-corrected chi connectivity index (χ1v) is 5.78. The van der Waals surface area contributed by atoms with Gasteiger partial charge in [-0.25, -0.2) is 0 Å². The predicted octanol–water partition coefficient (Wildman–Crippen LogP) is 1.76. The van der Waals surface area contributed by atoms with Crippen molar-refractivity contribution in [1.29, 1.82) is 0 Å². The Morgan fingerprint density at radius 3 is 3.23 bits per heavy atom. The van der Waals surface area contributed by atoms with Gasteiger partial charge in [-0.1, -0.05) is 0 Å². The highest BCUT2D eigenvalue weighted by atomic mass is 32.2. The number of nitrogens with two attached hydrogens (primary N) is 1. The minimum Gasteiger partial charge on any atom is -0.325 e. The molecule has 1 aromatic heterocycles. The molecule has 2 heterocycles. The molecule has 13 heavy (non-hydrogen) atoms. The van der Waals surface area contributed by atoms with Crippen LogP contribution in [0.2, 0.25) is 0 Å². The van der Waals surface area contributed by atoms with E-state index in [0.29, 0.717) is 6.54 Å². The maximum absolute atomic E-state index is 5.55. The lowest BCUT2D eigenvalue weighted by Gasteiger charge is -2.08. The van der Waals surface area contributed by atoms with Gasteiger partial charge in [-0.05, 0) is 35.8 Å². The third-order valence-corrected chi connectivity index (χ3v) is 3.61. The molecule has 70 valence electrons. The molecular weight excluding hydrogens is 180 g/mol. The molecule has 2 N–H and O–H groups in total. The van der Waals surface area contributed by atoms with Crippen LogP contribution in [-0.2, 0) is 6.54 Å². The smallest absolute Gasteiger partial charge is 0.0542 e. The highest BCUT2D eigenvalue weighted by molar-refractivity contribution is 7.99. The monoisotopic (exact) mass is 194 g/mol. The van der Waals surface area contributed by atoms with Gasteiger partial charge in [0, 0.05) is 18.5 Å². The maximum atomic E-state index is 5.55. The van der Waals surface area contributed by atoms with E-state index in [1.54, 1.807) is 0 Å². The van der Waals surface area contributed by atoms with Crippen molar-refractivity contribution in [3.63, 3.8) is 0 Å². The van der Waals surface area contributed by atoms with Gasteiger partial charge in [-0.15, -0.1) is 0 Å². The van der Waals surface area contributed by atoms with Gasteiger partial charge >= 0.3 is 0 Å².